The lowest BCUT2D eigenvalue weighted by Gasteiger charge is -2.36. The highest BCUT2D eigenvalue weighted by Gasteiger charge is 2.40. The zero-order valence-electron chi connectivity index (χ0n) is 14.1. The van der Waals surface area contributed by atoms with Crippen LogP contribution in [-0.4, -0.2) is 59.0 Å². The normalized spacial score (nSPS) is 23.8. The first-order valence-corrected chi connectivity index (χ1v) is 11.5. The van der Waals surface area contributed by atoms with Crippen molar-refractivity contribution in [2.24, 2.45) is 0 Å². The summed E-state index contributed by atoms with van der Waals surface area (Å²) < 4.78 is 62.4. The summed E-state index contributed by atoms with van der Waals surface area (Å²) in [6.07, 6.45) is 1.86. The van der Waals surface area contributed by atoms with Crippen molar-refractivity contribution in [3.8, 4) is 0 Å². The van der Waals surface area contributed by atoms with Gasteiger partial charge in [-0.05, 0) is 37.1 Å². The standard InChI is InChI=1S/C16H23NO6S2/c1-2-24(18,19)13-6-8-14(9-7-13)25(20,21)17-10-4-3-5-15(17)16-22-11-12-23-16/h6-9,15-16H,2-5,10-12H2,1H3. The van der Waals surface area contributed by atoms with Crippen molar-refractivity contribution in [2.45, 2.75) is 48.3 Å². The molecule has 1 aromatic carbocycles. The fraction of sp³-hybridized carbons (Fsp3) is 0.625. The van der Waals surface area contributed by atoms with Crippen LogP contribution in [-0.2, 0) is 29.3 Å². The van der Waals surface area contributed by atoms with E-state index in [-0.39, 0.29) is 21.6 Å². The van der Waals surface area contributed by atoms with Gasteiger partial charge in [-0.3, -0.25) is 0 Å². The molecular formula is C16H23NO6S2. The Morgan fingerprint density at radius 2 is 1.60 bits per heavy atom. The van der Waals surface area contributed by atoms with Gasteiger partial charge in [-0.2, -0.15) is 4.31 Å². The smallest absolute Gasteiger partial charge is 0.243 e. The van der Waals surface area contributed by atoms with E-state index in [1.54, 1.807) is 6.92 Å². The average molecular weight is 389 g/mol. The van der Waals surface area contributed by atoms with Gasteiger partial charge in [0.1, 0.15) is 0 Å². The monoisotopic (exact) mass is 389 g/mol. The van der Waals surface area contributed by atoms with E-state index in [0.29, 0.717) is 26.2 Å². The van der Waals surface area contributed by atoms with E-state index in [4.69, 9.17) is 9.47 Å². The number of sulfonamides is 1. The molecule has 2 saturated heterocycles. The third-order valence-corrected chi connectivity index (χ3v) is 8.32. The lowest BCUT2D eigenvalue weighted by Crippen LogP contribution is -2.50. The maximum atomic E-state index is 13.1. The number of nitrogens with zero attached hydrogens (tertiary/aromatic N) is 1. The Hall–Kier alpha value is -1.00. The van der Waals surface area contributed by atoms with Crippen LogP contribution in [0.5, 0.6) is 0 Å². The Morgan fingerprint density at radius 1 is 1.00 bits per heavy atom. The van der Waals surface area contributed by atoms with Crippen molar-refractivity contribution in [1.29, 1.82) is 0 Å². The second-order valence-corrected chi connectivity index (χ2v) is 10.3. The summed E-state index contributed by atoms with van der Waals surface area (Å²) in [5.41, 5.74) is 0. The van der Waals surface area contributed by atoms with Gasteiger partial charge >= 0.3 is 0 Å². The summed E-state index contributed by atoms with van der Waals surface area (Å²) in [6.45, 7) is 2.91. The summed E-state index contributed by atoms with van der Waals surface area (Å²) in [6, 6.07) is 5.08. The summed E-state index contributed by atoms with van der Waals surface area (Å²) in [4.78, 5) is 0.221. The van der Waals surface area contributed by atoms with Gasteiger partial charge < -0.3 is 9.47 Å². The van der Waals surface area contributed by atoms with Crippen LogP contribution in [0.15, 0.2) is 34.1 Å². The largest absolute Gasteiger partial charge is 0.349 e. The molecule has 1 unspecified atom stereocenters. The van der Waals surface area contributed by atoms with Gasteiger partial charge in [0.05, 0.1) is 34.8 Å². The van der Waals surface area contributed by atoms with Crippen molar-refractivity contribution in [2.75, 3.05) is 25.5 Å². The predicted molar refractivity (Wildman–Crippen MR) is 91.4 cm³/mol. The van der Waals surface area contributed by atoms with Crippen LogP contribution in [0.25, 0.3) is 0 Å². The SMILES string of the molecule is CCS(=O)(=O)c1ccc(S(=O)(=O)N2CCCCC2C2OCCO2)cc1. The molecule has 0 radical (unpaired) electrons. The molecule has 9 heteroatoms. The highest BCUT2D eigenvalue weighted by atomic mass is 32.2. The molecule has 25 heavy (non-hydrogen) atoms. The van der Waals surface area contributed by atoms with Crippen molar-refractivity contribution < 1.29 is 26.3 Å². The molecule has 0 saturated carbocycles. The number of sulfone groups is 1. The molecule has 0 aliphatic carbocycles. The van der Waals surface area contributed by atoms with Crippen LogP contribution in [0.2, 0.25) is 0 Å². The van der Waals surface area contributed by atoms with E-state index in [9.17, 15) is 16.8 Å². The van der Waals surface area contributed by atoms with Crippen LogP contribution >= 0.6 is 0 Å². The topological polar surface area (TPSA) is 90.0 Å². The van der Waals surface area contributed by atoms with E-state index in [1.807, 2.05) is 0 Å². The molecule has 0 amide bonds. The summed E-state index contributed by atoms with van der Waals surface area (Å²) in [7, 11) is -7.10. The number of piperidine rings is 1. The van der Waals surface area contributed by atoms with Crippen LogP contribution in [0, 0.1) is 0 Å². The Kier molecular flexibility index (Phi) is 5.50. The molecule has 7 nitrogen and oxygen atoms in total. The third-order valence-electron chi connectivity index (χ3n) is 4.63. The van der Waals surface area contributed by atoms with E-state index in [1.165, 1.54) is 28.6 Å². The minimum atomic E-state index is -3.74. The van der Waals surface area contributed by atoms with E-state index < -0.39 is 26.2 Å². The van der Waals surface area contributed by atoms with E-state index >= 15 is 0 Å². The van der Waals surface area contributed by atoms with Gasteiger partial charge in [0.2, 0.25) is 10.0 Å². The van der Waals surface area contributed by atoms with Crippen LogP contribution in [0.1, 0.15) is 26.2 Å². The zero-order valence-corrected chi connectivity index (χ0v) is 15.8. The predicted octanol–water partition coefficient (Wildman–Crippen LogP) is 1.40. The summed E-state index contributed by atoms with van der Waals surface area (Å²) in [5, 5.41) is 0. The van der Waals surface area contributed by atoms with Gasteiger partial charge in [0.15, 0.2) is 16.1 Å². The second kappa shape index (κ2) is 7.32. The first kappa shape index (κ1) is 18.8. The highest BCUT2D eigenvalue weighted by molar-refractivity contribution is 7.91. The van der Waals surface area contributed by atoms with Crippen LogP contribution in [0.4, 0.5) is 0 Å². The van der Waals surface area contributed by atoms with Crippen molar-refractivity contribution >= 4 is 19.9 Å². The maximum absolute atomic E-state index is 13.1. The molecule has 2 heterocycles. The molecule has 2 aliphatic rings. The maximum Gasteiger partial charge on any atom is 0.243 e. The minimum Gasteiger partial charge on any atom is -0.349 e. The zero-order chi connectivity index (χ0) is 18.1. The molecule has 3 rings (SSSR count). The molecule has 0 aromatic heterocycles. The fourth-order valence-electron chi connectivity index (χ4n) is 3.22. The second-order valence-electron chi connectivity index (χ2n) is 6.16. The number of hydrogen-bond donors (Lipinski definition) is 0. The van der Waals surface area contributed by atoms with Crippen LogP contribution in [0.3, 0.4) is 0 Å². The van der Waals surface area contributed by atoms with Gasteiger partial charge in [0.25, 0.3) is 0 Å². The molecular weight excluding hydrogens is 366 g/mol. The average Bonchev–Trinajstić information content (AvgIpc) is 3.16. The van der Waals surface area contributed by atoms with Crippen molar-refractivity contribution in [1.82, 2.24) is 4.31 Å². The summed E-state index contributed by atoms with van der Waals surface area (Å²) >= 11 is 0. The molecule has 140 valence electrons. The molecule has 0 spiro atoms. The molecule has 1 atom stereocenters. The minimum absolute atomic E-state index is 0.0242. The molecule has 0 bridgehead atoms. The van der Waals surface area contributed by atoms with E-state index in [0.717, 1.165) is 12.8 Å². The first-order chi connectivity index (χ1) is 11.9. The van der Waals surface area contributed by atoms with Gasteiger partial charge in [-0.1, -0.05) is 13.3 Å². The number of hydrogen-bond acceptors (Lipinski definition) is 6. The van der Waals surface area contributed by atoms with Crippen molar-refractivity contribution in [3.05, 3.63) is 24.3 Å². The summed E-state index contributed by atoms with van der Waals surface area (Å²) in [5.74, 6) is -0.0242. The quantitative estimate of drug-likeness (QED) is 0.756. The Bertz CT molecular complexity index is 798. The molecule has 2 fully saturated rings. The van der Waals surface area contributed by atoms with Gasteiger partial charge in [0, 0.05) is 6.54 Å². The molecule has 1 aromatic rings. The Labute approximate surface area is 148 Å². The highest BCUT2D eigenvalue weighted by Crippen LogP contribution is 2.30. The molecule has 2 aliphatic heterocycles. The van der Waals surface area contributed by atoms with Gasteiger partial charge in [-0.25, -0.2) is 16.8 Å². The Balaban J connectivity index is 1.89. The first-order valence-electron chi connectivity index (χ1n) is 8.44. The van der Waals surface area contributed by atoms with Crippen LogP contribution < -0.4 is 0 Å². The molecule has 0 N–H and O–H groups in total. The lowest BCUT2D eigenvalue weighted by molar-refractivity contribution is -0.0913. The van der Waals surface area contributed by atoms with E-state index in [2.05, 4.69) is 0 Å². The Morgan fingerprint density at radius 3 is 2.20 bits per heavy atom. The van der Waals surface area contributed by atoms with Gasteiger partial charge in [-0.15, -0.1) is 0 Å². The van der Waals surface area contributed by atoms with Crippen molar-refractivity contribution in [3.63, 3.8) is 0 Å². The number of rotatable bonds is 5. The third kappa shape index (κ3) is 3.75. The number of ether oxygens (including phenoxy) is 2. The fourth-order valence-corrected chi connectivity index (χ4v) is 5.79. The lowest BCUT2D eigenvalue weighted by atomic mass is 10.0. The number of benzene rings is 1.